The summed E-state index contributed by atoms with van der Waals surface area (Å²) >= 11 is 0. The van der Waals surface area contributed by atoms with Gasteiger partial charge in [-0.3, -0.25) is 14.4 Å². The Morgan fingerprint density at radius 3 is 2.06 bits per heavy atom. The van der Waals surface area contributed by atoms with E-state index in [4.69, 9.17) is 14.2 Å². The molecule has 1 aromatic carbocycles. The molecule has 0 radical (unpaired) electrons. The maximum absolute atomic E-state index is 13.1. The summed E-state index contributed by atoms with van der Waals surface area (Å²) in [6, 6.07) is 5.32. The number of amides is 2. The highest BCUT2D eigenvalue weighted by molar-refractivity contribution is 5.97. The highest BCUT2D eigenvalue weighted by atomic mass is 16.6. The zero-order valence-corrected chi connectivity index (χ0v) is 21.6. The topological polar surface area (TPSA) is 120 Å². The lowest BCUT2D eigenvalue weighted by atomic mass is 9.82. The molecule has 2 rings (SSSR count). The number of cyclic esters (lactones) is 1. The molecule has 1 fully saturated rings. The Hall–Kier alpha value is -3.10. The van der Waals surface area contributed by atoms with Crippen molar-refractivity contribution in [2.45, 2.75) is 72.8 Å². The minimum absolute atomic E-state index is 0.0101. The van der Waals surface area contributed by atoms with Gasteiger partial charge in [0, 0.05) is 0 Å². The molecule has 1 aliphatic heterocycles. The van der Waals surface area contributed by atoms with Crippen LogP contribution < -0.4 is 15.4 Å². The predicted molar refractivity (Wildman–Crippen MR) is 129 cm³/mol. The molecule has 9 nitrogen and oxygen atoms in total. The van der Waals surface area contributed by atoms with E-state index < -0.39 is 47.9 Å². The zero-order valence-electron chi connectivity index (χ0n) is 21.6. The maximum Gasteiger partial charge on any atom is 0.329 e. The second-order valence-corrected chi connectivity index (χ2v) is 9.69. The van der Waals surface area contributed by atoms with Crippen LogP contribution in [0.2, 0.25) is 0 Å². The molecule has 0 aromatic heterocycles. The lowest BCUT2D eigenvalue weighted by Crippen LogP contribution is -2.61. The Kier molecular flexibility index (Phi) is 10.1. The van der Waals surface area contributed by atoms with Crippen molar-refractivity contribution in [2.24, 2.45) is 23.7 Å². The Morgan fingerprint density at radius 1 is 0.971 bits per heavy atom. The minimum Gasteiger partial charge on any atom is -0.497 e. The summed E-state index contributed by atoms with van der Waals surface area (Å²) in [5.41, 5.74) is 0.784. The molecule has 2 N–H and O–H groups in total. The normalized spacial score (nSPS) is 19.7. The molecule has 1 aromatic rings. The van der Waals surface area contributed by atoms with Crippen LogP contribution in [-0.4, -0.2) is 49.1 Å². The van der Waals surface area contributed by atoms with Crippen LogP contribution in [0.15, 0.2) is 24.3 Å². The van der Waals surface area contributed by atoms with Crippen LogP contribution in [0.4, 0.5) is 0 Å². The number of methoxy groups -OCH3 is 1. The molecule has 1 aliphatic rings. The molecule has 5 atom stereocenters. The molecule has 9 heteroatoms. The molecule has 5 unspecified atom stereocenters. The first-order chi connectivity index (χ1) is 16.5. The van der Waals surface area contributed by atoms with Crippen molar-refractivity contribution in [1.29, 1.82) is 0 Å². The maximum atomic E-state index is 13.1. The van der Waals surface area contributed by atoms with Crippen molar-refractivity contribution in [3.05, 3.63) is 29.8 Å². The highest BCUT2D eigenvalue weighted by Gasteiger charge is 2.50. The number of benzene rings is 1. The van der Waals surface area contributed by atoms with E-state index in [9.17, 15) is 19.2 Å². The fraction of sp³-hybridized carbons (Fsp3) is 0.615. The van der Waals surface area contributed by atoms with Crippen molar-refractivity contribution in [1.82, 2.24) is 10.6 Å². The van der Waals surface area contributed by atoms with Crippen molar-refractivity contribution >= 4 is 23.8 Å². The molecule has 0 aliphatic carbocycles. The van der Waals surface area contributed by atoms with E-state index in [2.05, 4.69) is 10.6 Å². The standard InChI is InChI=1S/C26H38N2O7/c1-8-16(6)19-22(35-25(19)31)24(30)27-20(14(2)3)23(29)28-21(15(4)5)26(32)34-13-17-9-11-18(33-7)12-10-17/h9-12,14-16,19-22H,8,13H2,1-7H3,(H,27,30)(H,28,29). The van der Waals surface area contributed by atoms with Crippen LogP contribution in [0.5, 0.6) is 5.75 Å². The lowest BCUT2D eigenvalue weighted by molar-refractivity contribution is -0.193. The van der Waals surface area contributed by atoms with E-state index in [1.165, 1.54) is 0 Å². The largest absolute Gasteiger partial charge is 0.497 e. The van der Waals surface area contributed by atoms with Crippen molar-refractivity contribution in [3.63, 3.8) is 0 Å². The van der Waals surface area contributed by atoms with E-state index in [0.29, 0.717) is 5.75 Å². The molecule has 0 bridgehead atoms. The molecule has 2 amide bonds. The fourth-order valence-electron chi connectivity index (χ4n) is 3.81. The second kappa shape index (κ2) is 12.6. The SMILES string of the molecule is CCC(C)C1C(=O)OC1C(=O)NC(C(=O)NC(C(=O)OCc1ccc(OC)cc1)C(C)C)C(C)C. The van der Waals surface area contributed by atoms with Gasteiger partial charge in [-0.15, -0.1) is 0 Å². The van der Waals surface area contributed by atoms with E-state index in [0.717, 1.165) is 12.0 Å². The average Bonchev–Trinajstić information content (AvgIpc) is 2.82. The summed E-state index contributed by atoms with van der Waals surface area (Å²) in [6.07, 6.45) is -0.186. The van der Waals surface area contributed by atoms with Crippen molar-refractivity contribution < 1.29 is 33.4 Å². The molecule has 194 valence electrons. The minimum atomic E-state index is -0.915. The molecule has 35 heavy (non-hydrogen) atoms. The number of nitrogens with one attached hydrogen (secondary N) is 2. The number of esters is 2. The number of hydrogen-bond donors (Lipinski definition) is 2. The van der Waals surface area contributed by atoms with Gasteiger partial charge in [0.2, 0.25) is 5.91 Å². The van der Waals surface area contributed by atoms with Gasteiger partial charge in [-0.25, -0.2) is 4.79 Å². The van der Waals surface area contributed by atoms with Crippen molar-refractivity contribution in [2.75, 3.05) is 7.11 Å². The van der Waals surface area contributed by atoms with Crippen LogP contribution in [0.3, 0.4) is 0 Å². The highest BCUT2D eigenvalue weighted by Crippen LogP contribution is 2.31. The van der Waals surface area contributed by atoms with Gasteiger partial charge >= 0.3 is 11.9 Å². The number of carbonyl (C=O) groups is 4. The summed E-state index contributed by atoms with van der Waals surface area (Å²) in [5.74, 6) is -2.32. The fourth-order valence-corrected chi connectivity index (χ4v) is 3.81. The third-order valence-corrected chi connectivity index (χ3v) is 6.36. The quantitative estimate of drug-likeness (QED) is 0.432. The van der Waals surface area contributed by atoms with Gasteiger partial charge in [-0.05, 0) is 35.4 Å². The zero-order chi connectivity index (χ0) is 26.3. The second-order valence-electron chi connectivity index (χ2n) is 9.69. The van der Waals surface area contributed by atoms with Gasteiger partial charge < -0.3 is 24.8 Å². The monoisotopic (exact) mass is 490 g/mol. The van der Waals surface area contributed by atoms with E-state index in [-0.39, 0.29) is 24.4 Å². The van der Waals surface area contributed by atoms with Crippen LogP contribution in [0.25, 0.3) is 0 Å². The Bertz CT molecular complexity index is 897. The third kappa shape index (κ3) is 7.19. The van der Waals surface area contributed by atoms with Crippen LogP contribution in [0, 0.1) is 23.7 Å². The number of rotatable bonds is 12. The van der Waals surface area contributed by atoms with Gasteiger partial charge in [0.05, 0.1) is 7.11 Å². The Labute approximate surface area is 207 Å². The Morgan fingerprint density at radius 2 is 1.57 bits per heavy atom. The third-order valence-electron chi connectivity index (χ3n) is 6.36. The molecule has 1 saturated heterocycles. The lowest BCUT2D eigenvalue weighted by Gasteiger charge is -2.38. The first kappa shape index (κ1) is 28.1. The first-order valence-corrected chi connectivity index (χ1v) is 12.1. The molecule has 0 spiro atoms. The van der Waals surface area contributed by atoms with Crippen LogP contribution in [-0.2, 0) is 35.3 Å². The number of ether oxygens (including phenoxy) is 3. The van der Waals surface area contributed by atoms with Gasteiger partial charge in [0.15, 0.2) is 6.10 Å². The van der Waals surface area contributed by atoms with Gasteiger partial charge in [-0.2, -0.15) is 0 Å². The Balaban J connectivity index is 2.01. The first-order valence-electron chi connectivity index (χ1n) is 12.1. The number of hydrogen-bond acceptors (Lipinski definition) is 7. The van der Waals surface area contributed by atoms with E-state index >= 15 is 0 Å². The summed E-state index contributed by atoms with van der Waals surface area (Å²) in [4.78, 5) is 50.5. The summed E-state index contributed by atoms with van der Waals surface area (Å²) in [5, 5.41) is 5.44. The molecule has 0 saturated carbocycles. The van der Waals surface area contributed by atoms with E-state index in [1.807, 2.05) is 13.8 Å². The summed E-state index contributed by atoms with van der Waals surface area (Å²) in [6.45, 7) is 11.1. The van der Waals surface area contributed by atoms with E-state index in [1.54, 1.807) is 59.1 Å². The van der Waals surface area contributed by atoms with Crippen molar-refractivity contribution in [3.8, 4) is 5.75 Å². The molecular weight excluding hydrogens is 452 g/mol. The molecular formula is C26H38N2O7. The number of carbonyl (C=O) groups excluding carboxylic acids is 4. The van der Waals surface area contributed by atoms with Crippen LogP contribution in [0.1, 0.15) is 53.5 Å². The van der Waals surface area contributed by atoms with Gasteiger partial charge in [0.1, 0.15) is 30.4 Å². The van der Waals surface area contributed by atoms with Gasteiger partial charge in [0.25, 0.3) is 5.91 Å². The smallest absolute Gasteiger partial charge is 0.329 e. The summed E-state index contributed by atoms with van der Waals surface area (Å²) in [7, 11) is 1.57. The summed E-state index contributed by atoms with van der Waals surface area (Å²) < 4.78 is 15.6. The van der Waals surface area contributed by atoms with Gasteiger partial charge in [-0.1, -0.05) is 60.1 Å². The average molecular weight is 491 g/mol. The molecule has 1 heterocycles. The van der Waals surface area contributed by atoms with Crippen LogP contribution >= 0.6 is 0 Å². The predicted octanol–water partition coefficient (Wildman–Crippen LogP) is 2.61.